The van der Waals surface area contributed by atoms with Gasteiger partial charge in [0.25, 0.3) is 0 Å². The van der Waals surface area contributed by atoms with E-state index in [1.807, 2.05) is 24.3 Å². The average molecular weight is 302 g/mol. The zero-order chi connectivity index (χ0) is 16.2. The predicted octanol–water partition coefficient (Wildman–Crippen LogP) is 5.99. The monoisotopic (exact) mass is 302 g/mol. The summed E-state index contributed by atoms with van der Waals surface area (Å²) in [5.41, 5.74) is 6.58. The fraction of sp³-hybridized carbons (Fsp3) is 0.182. The zero-order valence-corrected chi connectivity index (χ0v) is 14.0. The fourth-order valence-electron chi connectivity index (χ4n) is 2.68. The molecule has 0 N–H and O–H groups in total. The molecule has 0 unspecified atom stereocenters. The number of ether oxygens (including phenoxy) is 1. The van der Waals surface area contributed by atoms with E-state index >= 15 is 0 Å². The van der Waals surface area contributed by atoms with Gasteiger partial charge in [0, 0.05) is 0 Å². The van der Waals surface area contributed by atoms with Crippen molar-refractivity contribution in [1.82, 2.24) is 0 Å². The van der Waals surface area contributed by atoms with Crippen LogP contribution >= 0.6 is 0 Å². The Kier molecular flexibility index (Phi) is 4.47. The molecule has 3 aromatic carbocycles. The van der Waals surface area contributed by atoms with Crippen molar-refractivity contribution >= 4 is 0 Å². The summed E-state index contributed by atoms with van der Waals surface area (Å²) >= 11 is 0. The van der Waals surface area contributed by atoms with Gasteiger partial charge in [0.1, 0.15) is 11.5 Å². The van der Waals surface area contributed by atoms with Gasteiger partial charge < -0.3 is 4.74 Å². The summed E-state index contributed by atoms with van der Waals surface area (Å²) in [5, 5.41) is 0. The SMILES string of the molecule is Cc1ccc(Oc2ccc(Cc3ccc(C)cc3C)cc2)cc1. The van der Waals surface area contributed by atoms with Gasteiger partial charge >= 0.3 is 0 Å². The lowest BCUT2D eigenvalue weighted by Crippen LogP contribution is -1.93. The fourth-order valence-corrected chi connectivity index (χ4v) is 2.68. The molecule has 0 heterocycles. The molecule has 23 heavy (non-hydrogen) atoms. The summed E-state index contributed by atoms with van der Waals surface area (Å²) in [6, 6.07) is 23.1. The summed E-state index contributed by atoms with van der Waals surface area (Å²) in [6.45, 7) is 6.39. The molecule has 0 radical (unpaired) electrons. The van der Waals surface area contributed by atoms with Gasteiger partial charge in [0.05, 0.1) is 0 Å². The first-order valence-electron chi connectivity index (χ1n) is 8.00. The minimum atomic E-state index is 0.873. The van der Waals surface area contributed by atoms with Gasteiger partial charge in [-0.1, -0.05) is 53.6 Å². The third kappa shape index (κ3) is 4.01. The van der Waals surface area contributed by atoms with Crippen LogP contribution in [0.4, 0.5) is 0 Å². The molecule has 116 valence electrons. The Hall–Kier alpha value is -2.54. The maximum absolute atomic E-state index is 5.88. The molecule has 0 atom stereocenters. The van der Waals surface area contributed by atoms with E-state index in [1.165, 1.54) is 27.8 Å². The predicted molar refractivity (Wildman–Crippen MR) is 96.4 cm³/mol. The van der Waals surface area contributed by atoms with Crippen molar-refractivity contribution in [2.75, 3.05) is 0 Å². The van der Waals surface area contributed by atoms with Crippen LogP contribution in [-0.4, -0.2) is 0 Å². The standard InChI is InChI=1S/C22H22O/c1-16-5-10-21(11-6-16)23-22-12-7-19(8-13-22)15-20-9-4-17(2)14-18(20)3/h4-14H,15H2,1-3H3. The second-order valence-electron chi connectivity index (χ2n) is 6.17. The lowest BCUT2D eigenvalue weighted by Gasteiger charge is -2.09. The van der Waals surface area contributed by atoms with Gasteiger partial charge in [-0.3, -0.25) is 0 Å². The maximum Gasteiger partial charge on any atom is 0.127 e. The van der Waals surface area contributed by atoms with Crippen LogP contribution in [0.3, 0.4) is 0 Å². The Morgan fingerprint density at radius 1 is 0.652 bits per heavy atom. The van der Waals surface area contributed by atoms with Gasteiger partial charge in [-0.05, 0) is 68.1 Å². The topological polar surface area (TPSA) is 9.23 Å². The minimum absolute atomic E-state index is 0.873. The van der Waals surface area contributed by atoms with Gasteiger partial charge in [-0.2, -0.15) is 0 Å². The van der Waals surface area contributed by atoms with E-state index in [9.17, 15) is 0 Å². The van der Waals surface area contributed by atoms with Crippen molar-refractivity contribution in [3.05, 3.63) is 94.5 Å². The van der Waals surface area contributed by atoms with Crippen LogP contribution in [-0.2, 0) is 6.42 Å². The normalized spacial score (nSPS) is 10.6. The van der Waals surface area contributed by atoms with Gasteiger partial charge in [-0.25, -0.2) is 0 Å². The van der Waals surface area contributed by atoms with Crippen molar-refractivity contribution in [2.45, 2.75) is 27.2 Å². The molecule has 0 saturated carbocycles. The summed E-state index contributed by atoms with van der Waals surface area (Å²) in [6.07, 6.45) is 0.955. The summed E-state index contributed by atoms with van der Waals surface area (Å²) in [4.78, 5) is 0. The summed E-state index contributed by atoms with van der Waals surface area (Å²) in [7, 11) is 0. The molecule has 3 rings (SSSR count). The van der Waals surface area contributed by atoms with E-state index in [0.29, 0.717) is 0 Å². The van der Waals surface area contributed by atoms with Crippen LogP contribution in [0.25, 0.3) is 0 Å². The van der Waals surface area contributed by atoms with Crippen molar-refractivity contribution in [3.63, 3.8) is 0 Å². The first kappa shape index (κ1) is 15.4. The van der Waals surface area contributed by atoms with Crippen molar-refractivity contribution in [3.8, 4) is 11.5 Å². The van der Waals surface area contributed by atoms with Crippen molar-refractivity contribution < 1.29 is 4.74 Å². The molecule has 3 aromatic rings. The number of hydrogen-bond donors (Lipinski definition) is 0. The molecule has 0 amide bonds. The van der Waals surface area contributed by atoms with Gasteiger partial charge in [0.2, 0.25) is 0 Å². The Labute approximate surface area is 138 Å². The molecule has 0 aliphatic carbocycles. The minimum Gasteiger partial charge on any atom is -0.457 e. The molecule has 0 bridgehead atoms. The molecule has 0 saturated heterocycles. The maximum atomic E-state index is 5.88. The highest BCUT2D eigenvalue weighted by Gasteiger charge is 2.02. The Morgan fingerprint density at radius 3 is 1.83 bits per heavy atom. The van der Waals surface area contributed by atoms with Crippen LogP contribution in [0, 0.1) is 20.8 Å². The van der Waals surface area contributed by atoms with Gasteiger partial charge in [-0.15, -0.1) is 0 Å². The molecule has 0 aliphatic heterocycles. The summed E-state index contributed by atoms with van der Waals surface area (Å²) < 4.78 is 5.88. The number of aryl methyl sites for hydroxylation is 3. The second-order valence-corrected chi connectivity index (χ2v) is 6.17. The number of benzene rings is 3. The first-order valence-corrected chi connectivity index (χ1v) is 8.00. The lowest BCUT2D eigenvalue weighted by atomic mass is 9.99. The van der Waals surface area contributed by atoms with E-state index in [-0.39, 0.29) is 0 Å². The highest BCUT2D eigenvalue weighted by molar-refractivity contribution is 5.38. The van der Waals surface area contributed by atoms with Crippen LogP contribution < -0.4 is 4.74 Å². The molecular weight excluding hydrogens is 280 g/mol. The number of rotatable bonds is 4. The summed E-state index contributed by atoms with van der Waals surface area (Å²) in [5.74, 6) is 1.75. The zero-order valence-electron chi connectivity index (χ0n) is 14.0. The van der Waals surface area contributed by atoms with Gasteiger partial charge in [0.15, 0.2) is 0 Å². The Morgan fingerprint density at radius 2 is 1.22 bits per heavy atom. The average Bonchev–Trinajstić information content (AvgIpc) is 2.54. The third-order valence-electron chi connectivity index (χ3n) is 4.07. The molecule has 1 nitrogen and oxygen atoms in total. The van der Waals surface area contributed by atoms with E-state index in [2.05, 4.69) is 63.2 Å². The molecule has 0 spiro atoms. The van der Waals surface area contributed by atoms with Crippen LogP contribution in [0.15, 0.2) is 66.7 Å². The van der Waals surface area contributed by atoms with Crippen LogP contribution in [0.5, 0.6) is 11.5 Å². The second kappa shape index (κ2) is 6.70. The molecular formula is C22H22O. The quantitative estimate of drug-likeness (QED) is 0.574. The van der Waals surface area contributed by atoms with Crippen LogP contribution in [0.1, 0.15) is 27.8 Å². The number of hydrogen-bond acceptors (Lipinski definition) is 1. The highest BCUT2D eigenvalue weighted by atomic mass is 16.5. The van der Waals surface area contributed by atoms with E-state index in [1.54, 1.807) is 0 Å². The Balaban J connectivity index is 1.70. The smallest absolute Gasteiger partial charge is 0.127 e. The Bertz CT molecular complexity index is 783. The molecule has 1 heteroatoms. The molecule has 0 aliphatic rings. The van der Waals surface area contributed by atoms with E-state index < -0.39 is 0 Å². The van der Waals surface area contributed by atoms with Crippen LogP contribution in [0.2, 0.25) is 0 Å². The lowest BCUT2D eigenvalue weighted by molar-refractivity contribution is 0.482. The first-order chi connectivity index (χ1) is 11.1. The molecule has 0 fully saturated rings. The third-order valence-corrected chi connectivity index (χ3v) is 4.07. The largest absolute Gasteiger partial charge is 0.457 e. The molecule has 0 aromatic heterocycles. The highest BCUT2D eigenvalue weighted by Crippen LogP contribution is 2.23. The van der Waals surface area contributed by atoms with E-state index in [4.69, 9.17) is 4.74 Å². The van der Waals surface area contributed by atoms with E-state index in [0.717, 1.165) is 17.9 Å². The van der Waals surface area contributed by atoms with Crippen molar-refractivity contribution in [1.29, 1.82) is 0 Å². The van der Waals surface area contributed by atoms with Crippen molar-refractivity contribution in [2.24, 2.45) is 0 Å².